The van der Waals surface area contributed by atoms with E-state index in [9.17, 15) is 4.39 Å². The lowest BCUT2D eigenvalue weighted by molar-refractivity contribution is 0.273. The molecule has 0 aromatic carbocycles. The molecular weight excluding hydrogens is 119 g/mol. The van der Waals surface area contributed by atoms with Crippen molar-refractivity contribution in [3.8, 4) is 0 Å². The second-order valence-corrected chi connectivity index (χ2v) is 2.51. The van der Waals surface area contributed by atoms with Gasteiger partial charge in [0.05, 0.1) is 0 Å². The Morgan fingerprint density at radius 3 is 2.78 bits per heavy atom. The Morgan fingerprint density at radius 2 is 2.00 bits per heavy atom. The lowest BCUT2D eigenvalue weighted by atomic mass is 10.1. The molecule has 2 nitrogen and oxygen atoms in total. The first kappa shape index (κ1) is 6.96. The van der Waals surface area contributed by atoms with Crippen LogP contribution >= 0.6 is 0 Å². The fourth-order valence-corrected chi connectivity index (χ4v) is 1.03. The van der Waals surface area contributed by atoms with Gasteiger partial charge >= 0.3 is 0 Å². The van der Waals surface area contributed by atoms with Crippen molar-refractivity contribution in [3.05, 3.63) is 0 Å². The van der Waals surface area contributed by atoms with Crippen LogP contribution in [0.3, 0.4) is 0 Å². The fraction of sp³-hybridized carbons (Fsp3) is 1.00. The van der Waals surface area contributed by atoms with Gasteiger partial charge in [0.1, 0.15) is 6.17 Å². The van der Waals surface area contributed by atoms with Crippen LogP contribution in [0.25, 0.3) is 0 Å². The molecule has 0 aromatic rings. The van der Waals surface area contributed by atoms with Crippen molar-refractivity contribution in [2.24, 2.45) is 5.73 Å². The molecule has 3 N–H and O–H groups in total. The summed E-state index contributed by atoms with van der Waals surface area (Å²) in [6.07, 6.45) is 0.544. The highest BCUT2D eigenvalue weighted by molar-refractivity contribution is 4.77. The lowest BCUT2D eigenvalue weighted by Gasteiger charge is -2.10. The van der Waals surface area contributed by atoms with E-state index in [1.807, 2.05) is 0 Å². The van der Waals surface area contributed by atoms with E-state index in [-0.39, 0.29) is 6.04 Å². The van der Waals surface area contributed by atoms with E-state index in [0.29, 0.717) is 6.42 Å². The smallest absolute Gasteiger partial charge is 0.116 e. The first-order valence-corrected chi connectivity index (χ1v) is 3.41. The van der Waals surface area contributed by atoms with Gasteiger partial charge in [-0.2, -0.15) is 0 Å². The zero-order valence-corrected chi connectivity index (χ0v) is 5.44. The second-order valence-electron chi connectivity index (χ2n) is 2.51. The first-order chi connectivity index (χ1) is 4.30. The number of halogens is 1. The van der Waals surface area contributed by atoms with E-state index in [0.717, 1.165) is 19.5 Å². The Hall–Kier alpha value is -0.150. The molecule has 0 amide bonds. The Balaban J connectivity index is 2.32. The number of nitrogens with two attached hydrogens (primary N) is 1. The van der Waals surface area contributed by atoms with Gasteiger partial charge in [0.15, 0.2) is 0 Å². The van der Waals surface area contributed by atoms with Crippen LogP contribution in [-0.2, 0) is 0 Å². The van der Waals surface area contributed by atoms with Gasteiger partial charge in [0.25, 0.3) is 0 Å². The molecule has 1 aliphatic rings. The maximum atomic E-state index is 12.7. The third-order valence-electron chi connectivity index (χ3n) is 1.72. The number of hydrogen-bond acceptors (Lipinski definition) is 2. The van der Waals surface area contributed by atoms with Crippen molar-refractivity contribution < 1.29 is 4.39 Å². The summed E-state index contributed by atoms with van der Waals surface area (Å²) in [6.45, 7) is 1.64. The second kappa shape index (κ2) is 3.13. The topological polar surface area (TPSA) is 38.0 Å². The van der Waals surface area contributed by atoms with Gasteiger partial charge in [-0.1, -0.05) is 0 Å². The molecule has 3 heteroatoms. The average Bonchev–Trinajstić information content (AvgIpc) is 1.99. The SMILES string of the molecule is NC1CCNCCC1F. The van der Waals surface area contributed by atoms with Crippen molar-refractivity contribution in [1.82, 2.24) is 5.32 Å². The number of hydrogen-bond donors (Lipinski definition) is 2. The molecule has 1 saturated heterocycles. The van der Waals surface area contributed by atoms with E-state index >= 15 is 0 Å². The number of rotatable bonds is 0. The van der Waals surface area contributed by atoms with Crippen LogP contribution in [0.5, 0.6) is 0 Å². The Bertz CT molecular complexity index is 77.1. The molecule has 0 saturated carbocycles. The molecule has 0 radical (unpaired) electrons. The predicted molar refractivity (Wildman–Crippen MR) is 35.0 cm³/mol. The average molecular weight is 132 g/mol. The Morgan fingerprint density at radius 1 is 1.33 bits per heavy atom. The summed E-state index contributed by atoms with van der Waals surface area (Å²) in [4.78, 5) is 0. The van der Waals surface area contributed by atoms with Gasteiger partial charge in [-0.05, 0) is 25.9 Å². The van der Waals surface area contributed by atoms with Gasteiger partial charge in [0.2, 0.25) is 0 Å². The van der Waals surface area contributed by atoms with Crippen LogP contribution in [0.15, 0.2) is 0 Å². The van der Waals surface area contributed by atoms with Crippen LogP contribution in [-0.4, -0.2) is 25.3 Å². The molecule has 2 atom stereocenters. The predicted octanol–water partition coefficient (Wildman–Crippen LogP) is 0.0352. The van der Waals surface area contributed by atoms with Crippen molar-refractivity contribution in [3.63, 3.8) is 0 Å². The summed E-state index contributed by atoms with van der Waals surface area (Å²) in [5.41, 5.74) is 5.46. The zero-order chi connectivity index (χ0) is 6.69. The fourth-order valence-electron chi connectivity index (χ4n) is 1.03. The van der Waals surface area contributed by atoms with Crippen LogP contribution in [0.2, 0.25) is 0 Å². The van der Waals surface area contributed by atoms with Crippen molar-refractivity contribution in [1.29, 1.82) is 0 Å². The Kier molecular flexibility index (Phi) is 2.42. The van der Waals surface area contributed by atoms with E-state index in [2.05, 4.69) is 5.32 Å². The monoisotopic (exact) mass is 132 g/mol. The van der Waals surface area contributed by atoms with Crippen LogP contribution < -0.4 is 11.1 Å². The van der Waals surface area contributed by atoms with Crippen molar-refractivity contribution >= 4 is 0 Å². The molecule has 0 aliphatic carbocycles. The number of nitrogens with one attached hydrogen (secondary N) is 1. The van der Waals surface area contributed by atoms with Crippen LogP contribution in [0.1, 0.15) is 12.8 Å². The molecule has 0 bridgehead atoms. The molecular formula is C6H13FN2. The molecule has 0 aromatic heterocycles. The summed E-state index contributed by atoms with van der Waals surface area (Å²) in [6, 6.07) is -0.236. The van der Waals surface area contributed by atoms with Crippen LogP contribution in [0.4, 0.5) is 4.39 Å². The minimum atomic E-state index is -0.792. The lowest BCUT2D eigenvalue weighted by Crippen LogP contribution is -2.31. The van der Waals surface area contributed by atoms with E-state index < -0.39 is 6.17 Å². The normalized spacial score (nSPS) is 38.0. The maximum absolute atomic E-state index is 12.7. The highest BCUT2D eigenvalue weighted by Crippen LogP contribution is 2.07. The maximum Gasteiger partial charge on any atom is 0.116 e. The highest BCUT2D eigenvalue weighted by Gasteiger charge is 2.18. The van der Waals surface area contributed by atoms with Gasteiger partial charge in [-0.3, -0.25) is 0 Å². The van der Waals surface area contributed by atoms with E-state index in [1.165, 1.54) is 0 Å². The minimum Gasteiger partial charge on any atom is -0.325 e. The first-order valence-electron chi connectivity index (χ1n) is 3.41. The molecule has 0 spiro atoms. The molecule has 2 unspecified atom stereocenters. The molecule has 1 aliphatic heterocycles. The molecule has 54 valence electrons. The zero-order valence-electron chi connectivity index (χ0n) is 5.44. The van der Waals surface area contributed by atoms with Gasteiger partial charge in [-0.25, -0.2) is 4.39 Å². The quantitative estimate of drug-likeness (QED) is 0.488. The summed E-state index contributed by atoms with van der Waals surface area (Å²) in [7, 11) is 0. The molecule has 9 heavy (non-hydrogen) atoms. The van der Waals surface area contributed by atoms with Gasteiger partial charge < -0.3 is 11.1 Å². The van der Waals surface area contributed by atoms with Gasteiger partial charge in [0, 0.05) is 6.04 Å². The summed E-state index contributed by atoms with van der Waals surface area (Å²) < 4.78 is 12.7. The largest absolute Gasteiger partial charge is 0.325 e. The third-order valence-corrected chi connectivity index (χ3v) is 1.72. The minimum absolute atomic E-state index is 0.236. The summed E-state index contributed by atoms with van der Waals surface area (Å²) >= 11 is 0. The standard InChI is InChI=1S/C6H13FN2/c7-5-1-3-9-4-2-6(5)8/h5-6,9H,1-4,8H2. The summed E-state index contributed by atoms with van der Waals surface area (Å²) in [5, 5.41) is 3.09. The van der Waals surface area contributed by atoms with Crippen LogP contribution in [0, 0.1) is 0 Å². The highest BCUT2D eigenvalue weighted by atomic mass is 19.1. The summed E-state index contributed by atoms with van der Waals surface area (Å²) in [5.74, 6) is 0. The third kappa shape index (κ3) is 1.91. The van der Waals surface area contributed by atoms with Gasteiger partial charge in [-0.15, -0.1) is 0 Å². The molecule has 1 fully saturated rings. The number of alkyl halides is 1. The van der Waals surface area contributed by atoms with Crippen molar-refractivity contribution in [2.75, 3.05) is 13.1 Å². The van der Waals surface area contributed by atoms with E-state index in [1.54, 1.807) is 0 Å². The molecule has 1 heterocycles. The van der Waals surface area contributed by atoms with E-state index in [4.69, 9.17) is 5.73 Å². The Labute approximate surface area is 54.6 Å². The van der Waals surface area contributed by atoms with Crippen molar-refractivity contribution in [2.45, 2.75) is 25.1 Å². The molecule has 1 rings (SSSR count).